The lowest BCUT2D eigenvalue weighted by molar-refractivity contribution is 0.256. The van der Waals surface area contributed by atoms with Crippen molar-refractivity contribution in [2.45, 2.75) is 50.5 Å². The Labute approximate surface area is 199 Å². The van der Waals surface area contributed by atoms with E-state index in [1.165, 1.54) is 5.56 Å². The fourth-order valence-corrected chi connectivity index (χ4v) is 5.70. The topological polar surface area (TPSA) is 51.5 Å². The average Bonchev–Trinajstić information content (AvgIpc) is 3.07. The quantitative estimate of drug-likeness (QED) is 0.413. The van der Waals surface area contributed by atoms with Crippen molar-refractivity contribution < 1.29 is 21.4 Å². The molecule has 9 heteroatoms. The van der Waals surface area contributed by atoms with Crippen LogP contribution >= 0.6 is 12.4 Å². The molecule has 0 spiro atoms. The highest BCUT2D eigenvalue weighted by atomic mass is 35.5. The number of aromatic nitrogens is 1. The third-order valence-electron chi connectivity index (χ3n) is 6.16. The molecule has 1 saturated heterocycles. The summed E-state index contributed by atoms with van der Waals surface area (Å²) >= 11 is 0. The van der Waals surface area contributed by atoms with Crippen molar-refractivity contribution in [3.63, 3.8) is 0 Å². The van der Waals surface area contributed by atoms with Crippen LogP contribution in [0.15, 0.2) is 41.4 Å². The van der Waals surface area contributed by atoms with Crippen molar-refractivity contribution in [3.05, 3.63) is 59.3 Å². The van der Waals surface area contributed by atoms with E-state index in [0.717, 1.165) is 73.6 Å². The molecule has 0 aliphatic carbocycles. The van der Waals surface area contributed by atoms with Crippen LogP contribution in [0.3, 0.4) is 0 Å². The summed E-state index contributed by atoms with van der Waals surface area (Å²) in [6.45, 7) is 6.87. The standard InChI is InChI=1S/C24H28F2N2O3S.ClH/c1-4-10-28-15-20(17-8-11-27(3)12-9-17)19-14-18(13-16(2)23(19)28)31-32(29,30)24-21(25)6-5-7-22(24)26;/h5-7,13-15,17H,4,8-12H2,1-3H3;1H. The van der Waals surface area contributed by atoms with Crippen molar-refractivity contribution in [2.24, 2.45) is 0 Å². The highest BCUT2D eigenvalue weighted by Crippen LogP contribution is 2.38. The Morgan fingerprint density at radius 3 is 2.36 bits per heavy atom. The summed E-state index contributed by atoms with van der Waals surface area (Å²) in [5.74, 6) is -1.93. The molecule has 0 saturated carbocycles. The molecule has 2 heterocycles. The maximum Gasteiger partial charge on any atom is 0.345 e. The maximum atomic E-state index is 14.1. The van der Waals surface area contributed by atoms with E-state index in [-0.39, 0.29) is 18.2 Å². The Kier molecular flexibility index (Phi) is 7.71. The zero-order chi connectivity index (χ0) is 23.0. The molecule has 1 aromatic heterocycles. The second kappa shape index (κ2) is 9.99. The molecule has 0 atom stereocenters. The molecule has 1 fully saturated rings. The number of likely N-dealkylation sites (tertiary alicyclic amines) is 1. The van der Waals surface area contributed by atoms with Gasteiger partial charge in [-0.3, -0.25) is 0 Å². The number of piperidine rings is 1. The van der Waals surface area contributed by atoms with Gasteiger partial charge in [0.05, 0.1) is 5.52 Å². The van der Waals surface area contributed by atoms with Gasteiger partial charge in [-0.05, 0) is 87.6 Å². The van der Waals surface area contributed by atoms with Crippen LogP contribution in [0, 0.1) is 18.6 Å². The molecular weight excluding hydrogens is 470 g/mol. The predicted molar refractivity (Wildman–Crippen MR) is 128 cm³/mol. The van der Waals surface area contributed by atoms with Crippen LogP contribution in [-0.4, -0.2) is 38.0 Å². The van der Waals surface area contributed by atoms with E-state index in [4.69, 9.17) is 4.18 Å². The zero-order valence-corrected chi connectivity index (χ0v) is 20.6. The molecule has 5 nitrogen and oxygen atoms in total. The monoisotopic (exact) mass is 498 g/mol. The molecule has 4 rings (SSSR count). The van der Waals surface area contributed by atoms with E-state index in [0.29, 0.717) is 5.92 Å². The molecule has 0 unspecified atom stereocenters. The normalized spacial score (nSPS) is 15.5. The second-order valence-electron chi connectivity index (χ2n) is 8.58. The zero-order valence-electron chi connectivity index (χ0n) is 19.0. The Hall–Kier alpha value is -2.16. The Bertz CT molecular complexity index is 1230. The van der Waals surface area contributed by atoms with Gasteiger partial charge in [0.15, 0.2) is 4.90 Å². The average molecular weight is 499 g/mol. The van der Waals surface area contributed by atoms with Crippen LogP contribution in [-0.2, 0) is 16.7 Å². The fourth-order valence-electron chi connectivity index (χ4n) is 4.65. The highest BCUT2D eigenvalue weighted by molar-refractivity contribution is 7.87. The first-order valence-corrected chi connectivity index (χ1v) is 12.3. The fraction of sp³-hybridized carbons (Fsp3) is 0.417. The Morgan fingerprint density at radius 1 is 1.12 bits per heavy atom. The summed E-state index contributed by atoms with van der Waals surface area (Å²) < 4.78 is 61.1. The largest absolute Gasteiger partial charge is 0.379 e. The van der Waals surface area contributed by atoms with Crippen molar-refractivity contribution in [1.29, 1.82) is 0 Å². The lowest BCUT2D eigenvalue weighted by atomic mass is 9.89. The van der Waals surface area contributed by atoms with E-state index in [1.54, 1.807) is 12.1 Å². The van der Waals surface area contributed by atoms with Gasteiger partial charge in [-0.1, -0.05) is 13.0 Å². The predicted octanol–water partition coefficient (Wildman–Crippen LogP) is 5.64. The molecule has 0 bridgehead atoms. The molecule has 33 heavy (non-hydrogen) atoms. The first kappa shape index (κ1) is 25.5. The van der Waals surface area contributed by atoms with Crippen LogP contribution in [0.1, 0.15) is 43.2 Å². The van der Waals surface area contributed by atoms with Crippen LogP contribution in [0.2, 0.25) is 0 Å². The van der Waals surface area contributed by atoms with Gasteiger partial charge in [-0.2, -0.15) is 8.42 Å². The summed E-state index contributed by atoms with van der Waals surface area (Å²) in [5, 5.41) is 0.937. The maximum absolute atomic E-state index is 14.1. The highest BCUT2D eigenvalue weighted by Gasteiger charge is 2.28. The SMILES string of the molecule is CCCn1cc(C2CCN(C)CC2)c2cc(OS(=O)(=O)c3c(F)cccc3F)cc(C)c21.Cl. The van der Waals surface area contributed by atoms with E-state index in [1.807, 2.05) is 6.92 Å². The molecule has 3 aromatic rings. The number of halogens is 3. The summed E-state index contributed by atoms with van der Waals surface area (Å²) in [7, 11) is -2.56. The molecule has 180 valence electrons. The van der Waals surface area contributed by atoms with Crippen molar-refractivity contribution in [3.8, 4) is 5.75 Å². The van der Waals surface area contributed by atoms with E-state index in [9.17, 15) is 17.2 Å². The Morgan fingerprint density at radius 2 is 1.76 bits per heavy atom. The van der Waals surface area contributed by atoms with Crippen molar-refractivity contribution in [2.75, 3.05) is 20.1 Å². The number of hydrogen-bond donors (Lipinski definition) is 0. The van der Waals surface area contributed by atoms with Gasteiger partial charge in [-0.25, -0.2) is 8.78 Å². The number of nitrogens with zero attached hydrogens (tertiary/aromatic N) is 2. The lowest BCUT2D eigenvalue weighted by Crippen LogP contribution is -2.29. The van der Waals surface area contributed by atoms with Crippen molar-refractivity contribution in [1.82, 2.24) is 9.47 Å². The third-order valence-corrected chi connectivity index (χ3v) is 7.47. The molecule has 0 radical (unpaired) electrons. The van der Waals surface area contributed by atoms with Crippen LogP contribution in [0.4, 0.5) is 8.78 Å². The number of rotatable bonds is 6. The summed E-state index contributed by atoms with van der Waals surface area (Å²) in [4.78, 5) is 1.23. The number of hydrogen-bond acceptors (Lipinski definition) is 4. The van der Waals surface area contributed by atoms with E-state index < -0.39 is 26.6 Å². The first-order valence-electron chi connectivity index (χ1n) is 10.9. The van der Waals surface area contributed by atoms with Gasteiger partial charge in [-0.15, -0.1) is 12.4 Å². The van der Waals surface area contributed by atoms with Gasteiger partial charge >= 0.3 is 10.1 Å². The molecule has 0 amide bonds. The smallest absolute Gasteiger partial charge is 0.345 e. The van der Waals surface area contributed by atoms with Gasteiger partial charge in [0.25, 0.3) is 0 Å². The number of aryl methyl sites for hydroxylation is 2. The minimum atomic E-state index is -4.67. The first-order chi connectivity index (χ1) is 15.2. The van der Waals surface area contributed by atoms with Crippen LogP contribution in [0.25, 0.3) is 10.9 Å². The lowest BCUT2D eigenvalue weighted by Gasteiger charge is -2.28. The minimum Gasteiger partial charge on any atom is -0.379 e. The third kappa shape index (κ3) is 5.03. The van der Waals surface area contributed by atoms with E-state index >= 15 is 0 Å². The minimum absolute atomic E-state index is 0. The Balaban J connectivity index is 0.00000306. The van der Waals surface area contributed by atoms with Gasteiger partial charge in [0.2, 0.25) is 0 Å². The number of benzene rings is 2. The molecule has 1 aliphatic rings. The molecule has 0 N–H and O–H groups in total. The summed E-state index contributed by atoms with van der Waals surface area (Å²) in [5.41, 5.74) is 3.07. The van der Waals surface area contributed by atoms with Crippen LogP contribution in [0.5, 0.6) is 5.75 Å². The number of fused-ring (bicyclic) bond motifs is 1. The van der Waals surface area contributed by atoms with Gasteiger partial charge in [0, 0.05) is 18.1 Å². The van der Waals surface area contributed by atoms with Gasteiger partial charge < -0.3 is 13.7 Å². The van der Waals surface area contributed by atoms with Gasteiger partial charge in [0.1, 0.15) is 17.4 Å². The molecule has 1 aliphatic heterocycles. The molecular formula is C24H29ClF2N2O3S. The van der Waals surface area contributed by atoms with E-state index in [2.05, 4.69) is 29.6 Å². The summed E-state index contributed by atoms with van der Waals surface area (Å²) in [6, 6.07) is 6.22. The van der Waals surface area contributed by atoms with Crippen molar-refractivity contribution >= 4 is 33.4 Å². The molecule has 2 aromatic carbocycles. The van der Waals surface area contributed by atoms with Crippen LogP contribution < -0.4 is 4.18 Å². The summed E-state index contributed by atoms with van der Waals surface area (Å²) in [6.07, 6.45) is 5.18. The second-order valence-corrected chi connectivity index (χ2v) is 10.1.